The van der Waals surface area contributed by atoms with E-state index in [0.717, 1.165) is 10.9 Å². The maximum absolute atomic E-state index is 10.8. The van der Waals surface area contributed by atoms with E-state index in [2.05, 4.69) is 74.4 Å². The molecule has 0 aliphatic rings. The molecule has 0 amide bonds. The van der Waals surface area contributed by atoms with Crippen molar-refractivity contribution in [1.29, 1.82) is 0 Å². The molecular formula is C26H38OSe. The summed E-state index contributed by atoms with van der Waals surface area (Å²) in [7, 11) is 0. The molecule has 1 N–H and O–H groups in total. The van der Waals surface area contributed by atoms with Gasteiger partial charge in [-0.1, -0.05) is 0 Å². The Labute approximate surface area is 179 Å². The molecule has 0 radical (unpaired) electrons. The third-order valence-electron chi connectivity index (χ3n) is 5.14. The summed E-state index contributed by atoms with van der Waals surface area (Å²) in [6, 6.07) is 14.9. The summed E-state index contributed by atoms with van der Waals surface area (Å²) in [5.41, 5.74) is 5.60. The average molecular weight is 446 g/mol. The van der Waals surface area contributed by atoms with Crippen molar-refractivity contribution in [3.8, 4) is 0 Å². The second kappa shape index (κ2) is 8.34. The normalized spacial score (nSPS) is 14.2. The van der Waals surface area contributed by atoms with Gasteiger partial charge in [0.1, 0.15) is 0 Å². The van der Waals surface area contributed by atoms with E-state index in [1.165, 1.54) is 21.2 Å². The summed E-state index contributed by atoms with van der Waals surface area (Å²) in [6.07, 6.45) is -0.399. The molecule has 0 heterocycles. The van der Waals surface area contributed by atoms with E-state index >= 15 is 0 Å². The number of aliphatic hydroxyl groups excluding tert-OH is 1. The van der Waals surface area contributed by atoms with Crippen molar-refractivity contribution in [2.24, 2.45) is 0 Å². The molecular weight excluding hydrogens is 407 g/mol. The van der Waals surface area contributed by atoms with Gasteiger partial charge in [0.15, 0.2) is 0 Å². The van der Waals surface area contributed by atoms with Crippen molar-refractivity contribution < 1.29 is 5.11 Å². The zero-order valence-corrected chi connectivity index (χ0v) is 20.9. The van der Waals surface area contributed by atoms with Gasteiger partial charge in [-0.05, 0) is 0 Å². The number of hydrogen-bond acceptors (Lipinski definition) is 1. The first kappa shape index (κ1) is 23.2. The Kier molecular flexibility index (Phi) is 6.91. The number of aliphatic hydroxyl groups is 1. The van der Waals surface area contributed by atoms with Crippen LogP contribution in [0.2, 0.25) is 5.32 Å². The molecule has 2 heteroatoms. The van der Waals surface area contributed by atoms with E-state index in [9.17, 15) is 5.11 Å². The Morgan fingerprint density at radius 2 is 1.21 bits per heavy atom. The Morgan fingerprint density at radius 1 is 0.750 bits per heavy atom. The molecule has 0 fully saturated rings. The fraction of sp³-hybridized carbons (Fsp3) is 0.538. The van der Waals surface area contributed by atoms with Crippen molar-refractivity contribution in [3.05, 3.63) is 64.7 Å². The van der Waals surface area contributed by atoms with Crippen LogP contribution in [0, 0.1) is 0 Å². The summed E-state index contributed by atoms with van der Waals surface area (Å²) in [6.45, 7) is 20.8. The van der Waals surface area contributed by atoms with Crippen LogP contribution in [0.5, 0.6) is 0 Å². The first-order chi connectivity index (χ1) is 12.7. The predicted octanol–water partition coefficient (Wildman–Crippen LogP) is 6.06. The van der Waals surface area contributed by atoms with Gasteiger partial charge in [0.25, 0.3) is 0 Å². The third kappa shape index (κ3) is 5.72. The standard InChI is InChI=1S/C26H38OSe/c1-24(2,3)19-15-20(25(4,5)6)23(21(16-19)26(7,8)9)28-17-22(27)18-13-11-10-12-14-18/h10-16,22,27H,17H2,1-9H3/t22-/m0/s1. The number of benzene rings is 2. The fourth-order valence-corrected chi connectivity index (χ4v) is 6.53. The summed E-state index contributed by atoms with van der Waals surface area (Å²) >= 11 is 0.205. The van der Waals surface area contributed by atoms with Crippen LogP contribution < -0.4 is 4.46 Å². The van der Waals surface area contributed by atoms with Crippen LogP contribution in [0.15, 0.2) is 42.5 Å². The molecule has 1 nitrogen and oxygen atoms in total. The van der Waals surface area contributed by atoms with Gasteiger partial charge in [-0.15, -0.1) is 0 Å². The second-order valence-corrected chi connectivity index (χ2v) is 13.0. The monoisotopic (exact) mass is 446 g/mol. The molecule has 0 aromatic heterocycles. The summed E-state index contributed by atoms with van der Waals surface area (Å²) < 4.78 is 1.48. The SMILES string of the molecule is CC(C)(C)c1cc(C(C)(C)C)c([Se]C[C@H](O)c2ccccc2)c(C(C)(C)C)c1. The van der Waals surface area contributed by atoms with Gasteiger partial charge >= 0.3 is 179 Å². The third-order valence-corrected chi connectivity index (χ3v) is 7.68. The minimum atomic E-state index is -0.399. The van der Waals surface area contributed by atoms with Gasteiger partial charge in [-0.3, -0.25) is 0 Å². The van der Waals surface area contributed by atoms with E-state index in [1.54, 1.807) is 0 Å². The van der Waals surface area contributed by atoms with Crippen LogP contribution in [-0.4, -0.2) is 20.1 Å². The Morgan fingerprint density at radius 3 is 1.61 bits per heavy atom. The van der Waals surface area contributed by atoms with Crippen LogP contribution in [0.3, 0.4) is 0 Å². The van der Waals surface area contributed by atoms with Gasteiger partial charge in [0, 0.05) is 0 Å². The zero-order valence-electron chi connectivity index (χ0n) is 19.2. The molecule has 0 saturated carbocycles. The number of rotatable bonds is 4. The van der Waals surface area contributed by atoms with Crippen LogP contribution in [0.25, 0.3) is 0 Å². The minimum absolute atomic E-state index is 0.0794. The van der Waals surface area contributed by atoms with Gasteiger partial charge < -0.3 is 0 Å². The predicted molar refractivity (Wildman–Crippen MR) is 124 cm³/mol. The van der Waals surface area contributed by atoms with E-state index in [1.807, 2.05) is 30.3 Å². The molecule has 2 aromatic carbocycles. The molecule has 0 spiro atoms. The van der Waals surface area contributed by atoms with E-state index < -0.39 is 6.10 Å². The van der Waals surface area contributed by atoms with Crippen molar-refractivity contribution in [1.82, 2.24) is 0 Å². The summed E-state index contributed by atoms with van der Waals surface area (Å²) in [5.74, 6) is 0. The molecule has 2 aromatic rings. The zero-order chi connectivity index (χ0) is 21.3. The first-order valence-corrected chi connectivity index (χ1v) is 12.3. The van der Waals surface area contributed by atoms with Crippen molar-refractivity contribution >= 4 is 19.4 Å². The Bertz CT molecular complexity index is 751. The molecule has 0 unspecified atom stereocenters. The van der Waals surface area contributed by atoms with Gasteiger partial charge in [-0.25, -0.2) is 0 Å². The molecule has 2 rings (SSSR count). The molecule has 154 valence electrons. The molecule has 0 aliphatic carbocycles. The van der Waals surface area contributed by atoms with Gasteiger partial charge in [-0.2, -0.15) is 0 Å². The van der Waals surface area contributed by atoms with Crippen molar-refractivity contribution in [2.45, 2.75) is 90.0 Å². The summed E-state index contributed by atoms with van der Waals surface area (Å²) in [4.78, 5) is 0. The first-order valence-electron chi connectivity index (χ1n) is 10.3. The molecule has 0 saturated heterocycles. The van der Waals surface area contributed by atoms with Gasteiger partial charge in [0.05, 0.1) is 0 Å². The van der Waals surface area contributed by atoms with Crippen LogP contribution >= 0.6 is 0 Å². The van der Waals surface area contributed by atoms with Crippen LogP contribution in [-0.2, 0) is 16.2 Å². The van der Waals surface area contributed by atoms with Crippen molar-refractivity contribution in [3.63, 3.8) is 0 Å². The molecule has 0 aliphatic heterocycles. The average Bonchev–Trinajstić information content (AvgIpc) is 2.57. The quantitative estimate of drug-likeness (QED) is 0.567. The fourth-order valence-electron chi connectivity index (χ4n) is 3.27. The molecule has 0 bridgehead atoms. The Balaban J connectivity index is 2.54. The second-order valence-electron chi connectivity index (χ2n) is 10.9. The van der Waals surface area contributed by atoms with Crippen LogP contribution in [0.1, 0.15) is 90.7 Å². The van der Waals surface area contributed by atoms with Crippen molar-refractivity contribution in [2.75, 3.05) is 0 Å². The van der Waals surface area contributed by atoms with E-state index in [4.69, 9.17) is 0 Å². The topological polar surface area (TPSA) is 20.2 Å². The Hall–Kier alpha value is -1.08. The molecule has 1 atom stereocenters. The van der Waals surface area contributed by atoms with E-state index in [0.29, 0.717) is 0 Å². The number of hydrogen-bond donors (Lipinski definition) is 1. The summed E-state index contributed by atoms with van der Waals surface area (Å²) in [5, 5.41) is 11.6. The maximum atomic E-state index is 10.8. The molecule has 28 heavy (non-hydrogen) atoms. The van der Waals surface area contributed by atoms with E-state index in [-0.39, 0.29) is 31.2 Å². The van der Waals surface area contributed by atoms with Gasteiger partial charge in [0.2, 0.25) is 0 Å². The van der Waals surface area contributed by atoms with Crippen LogP contribution in [0.4, 0.5) is 0 Å².